The van der Waals surface area contributed by atoms with E-state index in [4.69, 9.17) is 0 Å². The zero-order valence-corrected chi connectivity index (χ0v) is 12.3. The van der Waals surface area contributed by atoms with E-state index in [9.17, 15) is 0 Å². The second kappa shape index (κ2) is 7.20. The van der Waals surface area contributed by atoms with Gasteiger partial charge < -0.3 is 5.32 Å². The highest BCUT2D eigenvalue weighted by atomic mass is 32.1. The molecule has 1 nitrogen and oxygen atoms in total. The molecule has 0 bridgehead atoms. The van der Waals surface area contributed by atoms with E-state index in [1.165, 1.54) is 37.7 Å². The van der Waals surface area contributed by atoms with Gasteiger partial charge in [-0.2, -0.15) is 12.6 Å². The molecule has 0 amide bonds. The lowest BCUT2D eigenvalue weighted by Gasteiger charge is -2.23. The van der Waals surface area contributed by atoms with Gasteiger partial charge in [-0.15, -0.1) is 0 Å². The Kier molecular flexibility index (Phi) is 5.58. The van der Waals surface area contributed by atoms with Crippen molar-refractivity contribution in [3.63, 3.8) is 0 Å². The maximum atomic E-state index is 4.33. The lowest BCUT2D eigenvalue weighted by Crippen LogP contribution is -2.16. The van der Waals surface area contributed by atoms with Crippen LogP contribution in [0.25, 0.3) is 0 Å². The molecule has 0 saturated heterocycles. The summed E-state index contributed by atoms with van der Waals surface area (Å²) in [4.78, 5) is 0. The molecule has 1 aliphatic rings. The van der Waals surface area contributed by atoms with Crippen LogP contribution < -0.4 is 5.32 Å². The summed E-state index contributed by atoms with van der Waals surface area (Å²) in [6.07, 6.45) is 8.09. The zero-order chi connectivity index (χ0) is 12.8. The van der Waals surface area contributed by atoms with Gasteiger partial charge in [-0.1, -0.05) is 43.5 Å². The first kappa shape index (κ1) is 14.0. The molecule has 2 rings (SSSR count). The Morgan fingerprint density at radius 2 is 1.83 bits per heavy atom. The van der Waals surface area contributed by atoms with Crippen molar-refractivity contribution >= 4 is 12.6 Å². The Hall–Kier alpha value is -0.470. The lowest BCUT2D eigenvalue weighted by atomic mass is 9.83. The van der Waals surface area contributed by atoms with Crippen LogP contribution in [0.2, 0.25) is 0 Å². The zero-order valence-electron chi connectivity index (χ0n) is 11.4. The van der Waals surface area contributed by atoms with E-state index < -0.39 is 0 Å². The van der Waals surface area contributed by atoms with Crippen LogP contribution in [0.1, 0.15) is 61.6 Å². The Bertz CT molecular complexity index is 317. The average molecular weight is 263 g/mol. The van der Waals surface area contributed by atoms with Gasteiger partial charge in [0.1, 0.15) is 0 Å². The van der Waals surface area contributed by atoms with E-state index in [0.717, 1.165) is 18.1 Å². The largest absolute Gasteiger partial charge is 0.313 e. The first-order valence-corrected chi connectivity index (χ1v) is 7.86. The van der Waals surface area contributed by atoms with Crippen LogP contribution >= 0.6 is 12.6 Å². The van der Waals surface area contributed by atoms with Gasteiger partial charge in [0.2, 0.25) is 0 Å². The Labute approximate surface area is 117 Å². The van der Waals surface area contributed by atoms with E-state index in [-0.39, 0.29) is 0 Å². The van der Waals surface area contributed by atoms with Crippen LogP contribution in [-0.4, -0.2) is 12.8 Å². The molecule has 1 atom stereocenters. The highest BCUT2D eigenvalue weighted by Crippen LogP contribution is 2.33. The number of rotatable bonds is 5. The first-order chi connectivity index (χ1) is 8.85. The molecule has 0 spiro atoms. The van der Waals surface area contributed by atoms with E-state index >= 15 is 0 Å². The third-order valence-corrected chi connectivity index (χ3v) is 4.44. The predicted molar refractivity (Wildman–Crippen MR) is 82.5 cm³/mol. The highest BCUT2D eigenvalue weighted by Gasteiger charge is 2.16. The number of nitrogens with one attached hydrogen (secondary N) is 1. The second-order valence-electron chi connectivity index (χ2n) is 5.36. The van der Waals surface area contributed by atoms with Crippen LogP contribution in [-0.2, 0) is 0 Å². The molecule has 0 aromatic heterocycles. The lowest BCUT2D eigenvalue weighted by molar-refractivity contribution is 0.443. The van der Waals surface area contributed by atoms with Crippen molar-refractivity contribution in [1.29, 1.82) is 0 Å². The smallest absolute Gasteiger partial charge is 0.0325 e. The normalized spacial score (nSPS) is 18.8. The van der Waals surface area contributed by atoms with Crippen molar-refractivity contribution in [2.75, 3.05) is 12.8 Å². The SMILES string of the molecule is CNC(CCS)c1ccc(C2CCCCC2)cc1. The summed E-state index contributed by atoms with van der Waals surface area (Å²) in [5.41, 5.74) is 2.94. The minimum Gasteiger partial charge on any atom is -0.313 e. The number of thiol groups is 1. The van der Waals surface area contributed by atoms with Crippen LogP contribution in [0.5, 0.6) is 0 Å². The third kappa shape index (κ3) is 3.52. The molecule has 0 aliphatic heterocycles. The molecular formula is C16H25NS. The summed E-state index contributed by atoms with van der Waals surface area (Å²) >= 11 is 4.33. The first-order valence-electron chi connectivity index (χ1n) is 7.23. The number of hydrogen-bond donors (Lipinski definition) is 2. The van der Waals surface area contributed by atoms with E-state index in [1.54, 1.807) is 5.56 Å². The second-order valence-corrected chi connectivity index (χ2v) is 5.80. The molecule has 1 aromatic rings. The molecule has 0 radical (unpaired) electrons. The molecule has 2 heteroatoms. The molecule has 100 valence electrons. The molecule has 18 heavy (non-hydrogen) atoms. The van der Waals surface area contributed by atoms with Crippen molar-refractivity contribution in [3.05, 3.63) is 35.4 Å². The van der Waals surface area contributed by atoms with Crippen LogP contribution in [0.4, 0.5) is 0 Å². The van der Waals surface area contributed by atoms with Crippen molar-refractivity contribution < 1.29 is 0 Å². The summed E-state index contributed by atoms with van der Waals surface area (Å²) in [5, 5.41) is 3.37. The fraction of sp³-hybridized carbons (Fsp3) is 0.625. The standard InChI is InChI=1S/C16H25NS/c1-17-16(11-12-18)15-9-7-14(8-10-15)13-5-3-2-4-6-13/h7-10,13,16-18H,2-6,11-12H2,1H3. The molecular weight excluding hydrogens is 238 g/mol. The van der Waals surface area contributed by atoms with Crippen molar-refractivity contribution in [3.8, 4) is 0 Å². The summed E-state index contributed by atoms with van der Waals surface area (Å²) in [5.74, 6) is 1.74. The van der Waals surface area contributed by atoms with Crippen molar-refractivity contribution in [2.45, 2.75) is 50.5 Å². The van der Waals surface area contributed by atoms with Gasteiger partial charge in [-0.25, -0.2) is 0 Å². The predicted octanol–water partition coefficient (Wildman–Crippen LogP) is 4.31. The van der Waals surface area contributed by atoms with Gasteiger partial charge in [0, 0.05) is 6.04 Å². The maximum absolute atomic E-state index is 4.33. The topological polar surface area (TPSA) is 12.0 Å². The molecule has 1 aromatic carbocycles. The fourth-order valence-corrected chi connectivity index (χ4v) is 3.30. The van der Waals surface area contributed by atoms with Gasteiger partial charge in [0.05, 0.1) is 0 Å². The fourth-order valence-electron chi connectivity index (χ4n) is 3.04. The van der Waals surface area contributed by atoms with Gasteiger partial charge >= 0.3 is 0 Å². The summed E-state index contributed by atoms with van der Waals surface area (Å²) in [7, 11) is 2.03. The van der Waals surface area contributed by atoms with E-state index in [0.29, 0.717) is 6.04 Å². The van der Waals surface area contributed by atoms with Crippen LogP contribution in [0.15, 0.2) is 24.3 Å². The minimum atomic E-state index is 0.447. The Morgan fingerprint density at radius 1 is 1.17 bits per heavy atom. The average Bonchev–Trinajstić information content (AvgIpc) is 2.46. The van der Waals surface area contributed by atoms with Gasteiger partial charge in [-0.05, 0) is 49.1 Å². The van der Waals surface area contributed by atoms with Crippen molar-refractivity contribution in [1.82, 2.24) is 5.32 Å². The van der Waals surface area contributed by atoms with E-state index in [2.05, 4.69) is 42.2 Å². The third-order valence-electron chi connectivity index (χ3n) is 4.18. The summed E-state index contributed by atoms with van der Waals surface area (Å²) < 4.78 is 0. The van der Waals surface area contributed by atoms with Crippen molar-refractivity contribution in [2.24, 2.45) is 0 Å². The molecule has 1 aliphatic carbocycles. The van der Waals surface area contributed by atoms with E-state index in [1.807, 2.05) is 7.05 Å². The molecule has 1 saturated carbocycles. The maximum Gasteiger partial charge on any atom is 0.0325 e. The quantitative estimate of drug-likeness (QED) is 0.754. The van der Waals surface area contributed by atoms with Gasteiger partial charge in [-0.3, -0.25) is 0 Å². The Balaban J connectivity index is 2.03. The Morgan fingerprint density at radius 3 is 2.39 bits per heavy atom. The van der Waals surface area contributed by atoms with Gasteiger partial charge in [0.15, 0.2) is 0 Å². The molecule has 0 heterocycles. The van der Waals surface area contributed by atoms with Crippen LogP contribution in [0.3, 0.4) is 0 Å². The highest BCUT2D eigenvalue weighted by molar-refractivity contribution is 7.80. The number of benzene rings is 1. The summed E-state index contributed by atoms with van der Waals surface area (Å²) in [6, 6.07) is 9.73. The monoisotopic (exact) mass is 263 g/mol. The molecule has 1 fully saturated rings. The molecule has 1 unspecified atom stereocenters. The minimum absolute atomic E-state index is 0.447. The molecule has 1 N–H and O–H groups in total. The van der Waals surface area contributed by atoms with Crippen LogP contribution in [0, 0.1) is 0 Å². The van der Waals surface area contributed by atoms with Gasteiger partial charge in [0.25, 0.3) is 0 Å². The number of hydrogen-bond acceptors (Lipinski definition) is 2. The summed E-state index contributed by atoms with van der Waals surface area (Å²) in [6.45, 7) is 0.